The van der Waals surface area contributed by atoms with Crippen molar-refractivity contribution in [2.24, 2.45) is 0 Å². The molecule has 3 rings (SSSR count). The standard InChI is InChI=1S/C12H8N4O2/c17-10-2-1-9(7-14-10)11-15-12(18-16-11)8-3-5-13-6-4-8/h1-7H,(H,14,17). The van der Waals surface area contributed by atoms with Crippen molar-refractivity contribution in [2.45, 2.75) is 0 Å². The van der Waals surface area contributed by atoms with Gasteiger partial charge in [0.2, 0.25) is 11.4 Å². The fourth-order valence-electron chi connectivity index (χ4n) is 1.50. The van der Waals surface area contributed by atoms with Gasteiger partial charge in [0, 0.05) is 35.8 Å². The molecule has 0 aliphatic carbocycles. The Morgan fingerprint density at radius 2 is 1.89 bits per heavy atom. The van der Waals surface area contributed by atoms with Gasteiger partial charge in [0.1, 0.15) is 0 Å². The van der Waals surface area contributed by atoms with E-state index < -0.39 is 0 Å². The van der Waals surface area contributed by atoms with Crippen molar-refractivity contribution in [3.8, 4) is 22.8 Å². The van der Waals surface area contributed by atoms with Crippen molar-refractivity contribution >= 4 is 0 Å². The van der Waals surface area contributed by atoms with E-state index in [-0.39, 0.29) is 5.56 Å². The summed E-state index contributed by atoms with van der Waals surface area (Å²) in [6.07, 6.45) is 4.85. The van der Waals surface area contributed by atoms with Gasteiger partial charge in [0.15, 0.2) is 0 Å². The minimum Gasteiger partial charge on any atom is -0.334 e. The third kappa shape index (κ3) is 1.91. The van der Waals surface area contributed by atoms with Gasteiger partial charge in [-0.2, -0.15) is 4.98 Å². The molecule has 3 aromatic rings. The summed E-state index contributed by atoms with van der Waals surface area (Å²) in [7, 11) is 0. The van der Waals surface area contributed by atoms with Crippen molar-refractivity contribution in [1.82, 2.24) is 20.1 Å². The van der Waals surface area contributed by atoms with Gasteiger partial charge in [-0.3, -0.25) is 9.78 Å². The summed E-state index contributed by atoms with van der Waals surface area (Å²) in [6.45, 7) is 0. The topological polar surface area (TPSA) is 84.7 Å². The lowest BCUT2D eigenvalue weighted by molar-refractivity contribution is 0.432. The third-order valence-electron chi connectivity index (χ3n) is 2.40. The number of nitrogens with one attached hydrogen (secondary N) is 1. The summed E-state index contributed by atoms with van der Waals surface area (Å²) in [5, 5.41) is 3.86. The van der Waals surface area contributed by atoms with E-state index in [4.69, 9.17) is 4.52 Å². The maximum Gasteiger partial charge on any atom is 0.258 e. The summed E-state index contributed by atoms with van der Waals surface area (Å²) in [5.74, 6) is 0.844. The molecule has 0 saturated carbocycles. The normalized spacial score (nSPS) is 10.4. The molecule has 1 N–H and O–H groups in total. The SMILES string of the molecule is O=c1ccc(-c2noc(-c3ccncc3)n2)c[nH]1. The van der Waals surface area contributed by atoms with Gasteiger partial charge in [-0.25, -0.2) is 0 Å². The van der Waals surface area contributed by atoms with Gasteiger partial charge in [-0.15, -0.1) is 0 Å². The van der Waals surface area contributed by atoms with Gasteiger partial charge in [-0.05, 0) is 18.2 Å². The van der Waals surface area contributed by atoms with Gasteiger partial charge in [0.25, 0.3) is 5.89 Å². The van der Waals surface area contributed by atoms with Crippen LogP contribution in [0.4, 0.5) is 0 Å². The number of rotatable bonds is 2. The van der Waals surface area contributed by atoms with Crippen molar-refractivity contribution in [1.29, 1.82) is 0 Å². The van der Waals surface area contributed by atoms with Crippen LogP contribution in [0.2, 0.25) is 0 Å². The summed E-state index contributed by atoms with van der Waals surface area (Å²) in [5.41, 5.74) is 1.32. The molecule has 0 radical (unpaired) electrons. The summed E-state index contributed by atoms with van der Waals surface area (Å²) >= 11 is 0. The van der Waals surface area contributed by atoms with Crippen LogP contribution in [0.25, 0.3) is 22.8 Å². The number of nitrogens with zero attached hydrogens (tertiary/aromatic N) is 3. The van der Waals surface area contributed by atoms with Crippen LogP contribution >= 0.6 is 0 Å². The van der Waals surface area contributed by atoms with Crippen LogP contribution in [0.3, 0.4) is 0 Å². The summed E-state index contributed by atoms with van der Waals surface area (Å²) in [6, 6.07) is 6.62. The van der Waals surface area contributed by atoms with Gasteiger partial charge < -0.3 is 9.51 Å². The van der Waals surface area contributed by atoms with E-state index >= 15 is 0 Å². The molecule has 0 aliphatic heterocycles. The van der Waals surface area contributed by atoms with Crippen LogP contribution in [0.5, 0.6) is 0 Å². The molecular weight excluding hydrogens is 232 g/mol. The molecule has 0 atom stereocenters. The highest BCUT2D eigenvalue weighted by molar-refractivity contribution is 5.58. The lowest BCUT2D eigenvalue weighted by atomic mass is 10.2. The third-order valence-corrected chi connectivity index (χ3v) is 2.40. The number of H-pyrrole nitrogens is 1. The first-order valence-corrected chi connectivity index (χ1v) is 5.26. The average molecular weight is 240 g/mol. The van der Waals surface area contributed by atoms with Crippen LogP contribution in [0.15, 0.2) is 52.2 Å². The van der Waals surface area contributed by atoms with Gasteiger partial charge >= 0.3 is 0 Å². The highest BCUT2D eigenvalue weighted by atomic mass is 16.5. The molecule has 18 heavy (non-hydrogen) atoms. The van der Waals surface area contributed by atoms with Crippen molar-refractivity contribution < 1.29 is 4.52 Å². The van der Waals surface area contributed by atoms with Crippen molar-refractivity contribution in [3.05, 3.63) is 53.2 Å². The Morgan fingerprint density at radius 3 is 2.61 bits per heavy atom. The van der Waals surface area contributed by atoms with Crippen molar-refractivity contribution in [2.75, 3.05) is 0 Å². The number of hydrogen-bond acceptors (Lipinski definition) is 5. The molecule has 0 aliphatic rings. The number of hydrogen-bond donors (Lipinski definition) is 1. The molecule has 0 fully saturated rings. The Labute approximate surface area is 101 Å². The smallest absolute Gasteiger partial charge is 0.258 e. The van der Waals surface area contributed by atoms with E-state index in [2.05, 4.69) is 20.1 Å². The first-order chi connectivity index (χ1) is 8.83. The molecule has 0 bridgehead atoms. The van der Waals surface area contributed by atoms with Crippen LogP contribution in [0.1, 0.15) is 0 Å². The second kappa shape index (κ2) is 4.25. The minimum absolute atomic E-state index is 0.170. The first kappa shape index (κ1) is 10.4. The molecule has 3 heterocycles. The van der Waals surface area contributed by atoms with Crippen LogP contribution < -0.4 is 5.56 Å². The number of aromatic nitrogens is 4. The zero-order chi connectivity index (χ0) is 12.4. The van der Waals surface area contributed by atoms with E-state index in [1.165, 1.54) is 6.07 Å². The Balaban J connectivity index is 1.99. The number of aromatic amines is 1. The molecule has 0 spiro atoms. The lowest BCUT2D eigenvalue weighted by Gasteiger charge is -1.91. The number of pyridine rings is 2. The van der Waals surface area contributed by atoms with Crippen LogP contribution in [-0.2, 0) is 0 Å². The highest BCUT2D eigenvalue weighted by Gasteiger charge is 2.09. The van der Waals surface area contributed by atoms with Gasteiger partial charge in [0.05, 0.1) is 0 Å². The first-order valence-electron chi connectivity index (χ1n) is 5.26. The van der Waals surface area contributed by atoms with E-state index in [0.717, 1.165) is 5.56 Å². The zero-order valence-electron chi connectivity index (χ0n) is 9.20. The Bertz CT molecular complexity index is 698. The second-order valence-corrected chi connectivity index (χ2v) is 3.60. The van der Waals surface area contributed by atoms with Crippen LogP contribution in [0, 0.1) is 0 Å². The minimum atomic E-state index is -0.170. The molecule has 6 nitrogen and oxygen atoms in total. The maximum absolute atomic E-state index is 11.0. The highest BCUT2D eigenvalue weighted by Crippen LogP contribution is 2.20. The van der Waals surface area contributed by atoms with Crippen LogP contribution in [-0.4, -0.2) is 20.1 Å². The molecule has 88 valence electrons. The average Bonchev–Trinajstić information content (AvgIpc) is 2.90. The van der Waals surface area contributed by atoms with E-state index in [0.29, 0.717) is 17.3 Å². The Hall–Kier alpha value is -2.76. The molecule has 6 heteroatoms. The van der Waals surface area contributed by atoms with Crippen molar-refractivity contribution in [3.63, 3.8) is 0 Å². The maximum atomic E-state index is 11.0. The monoisotopic (exact) mass is 240 g/mol. The van der Waals surface area contributed by atoms with E-state index in [1.807, 2.05) is 0 Å². The zero-order valence-corrected chi connectivity index (χ0v) is 9.20. The molecular formula is C12H8N4O2. The lowest BCUT2D eigenvalue weighted by Crippen LogP contribution is -2.01. The summed E-state index contributed by atoms with van der Waals surface area (Å²) < 4.78 is 5.15. The quantitative estimate of drug-likeness (QED) is 0.733. The second-order valence-electron chi connectivity index (χ2n) is 3.60. The molecule has 3 aromatic heterocycles. The molecule has 0 aromatic carbocycles. The predicted molar refractivity (Wildman–Crippen MR) is 63.6 cm³/mol. The van der Waals surface area contributed by atoms with E-state index in [1.54, 1.807) is 36.8 Å². The fourth-order valence-corrected chi connectivity index (χ4v) is 1.50. The Kier molecular flexibility index (Phi) is 2.45. The molecule has 0 amide bonds. The predicted octanol–water partition coefficient (Wildman–Crippen LogP) is 1.49. The molecule has 0 saturated heterocycles. The fraction of sp³-hybridized carbons (Fsp3) is 0. The molecule has 0 unspecified atom stereocenters. The van der Waals surface area contributed by atoms with E-state index in [9.17, 15) is 4.79 Å². The summed E-state index contributed by atoms with van der Waals surface area (Å²) in [4.78, 5) is 21.7. The largest absolute Gasteiger partial charge is 0.334 e. The Morgan fingerprint density at radius 1 is 1.06 bits per heavy atom. The van der Waals surface area contributed by atoms with Gasteiger partial charge in [-0.1, -0.05) is 5.16 Å².